The molecule has 0 saturated heterocycles. The zero-order chi connectivity index (χ0) is 53.6. The van der Waals surface area contributed by atoms with Gasteiger partial charge in [0.1, 0.15) is 13.2 Å². The number of carbonyl (C=O) groups is 3. The van der Waals surface area contributed by atoms with Gasteiger partial charge in [0.25, 0.3) is 0 Å². The van der Waals surface area contributed by atoms with Gasteiger partial charge in [-0.05, 0) is 77.0 Å². The van der Waals surface area contributed by atoms with Gasteiger partial charge in [-0.15, -0.1) is 0 Å². The molecular formula is C68H124O6. The van der Waals surface area contributed by atoms with E-state index >= 15 is 0 Å². The van der Waals surface area contributed by atoms with Gasteiger partial charge in [-0.25, -0.2) is 0 Å². The van der Waals surface area contributed by atoms with Crippen molar-refractivity contribution in [2.75, 3.05) is 13.2 Å². The van der Waals surface area contributed by atoms with Gasteiger partial charge in [0.15, 0.2) is 6.10 Å². The number of unbranched alkanes of at least 4 members (excludes halogenated alkanes) is 41. The normalized spacial score (nSPS) is 12.3. The first-order chi connectivity index (χ1) is 36.5. The Labute approximate surface area is 460 Å². The maximum Gasteiger partial charge on any atom is 0.306 e. The van der Waals surface area contributed by atoms with Crippen LogP contribution in [-0.2, 0) is 28.6 Å². The SMILES string of the molecule is CC/C=C\C/C=C\C/C=C\CCCCCCCC(=O)OC(COC(=O)CCCCCCCCCCCCCC)COC(=O)CCCCCCCCCCCCCCCCCCC/C=C\CCCCCCCCCC. The second-order valence-corrected chi connectivity index (χ2v) is 22.0. The molecule has 0 aliphatic carbocycles. The summed E-state index contributed by atoms with van der Waals surface area (Å²) >= 11 is 0. The van der Waals surface area contributed by atoms with Crippen molar-refractivity contribution in [2.24, 2.45) is 0 Å². The van der Waals surface area contributed by atoms with Gasteiger partial charge < -0.3 is 14.2 Å². The van der Waals surface area contributed by atoms with Crippen LogP contribution in [-0.4, -0.2) is 37.2 Å². The van der Waals surface area contributed by atoms with E-state index < -0.39 is 6.10 Å². The second-order valence-electron chi connectivity index (χ2n) is 22.0. The summed E-state index contributed by atoms with van der Waals surface area (Å²) < 4.78 is 16.9. The first kappa shape index (κ1) is 71.4. The monoisotopic (exact) mass is 1040 g/mol. The van der Waals surface area contributed by atoms with E-state index in [1.807, 2.05) is 0 Å². The van der Waals surface area contributed by atoms with Crippen LogP contribution in [0.3, 0.4) is 0 Å². The Bertz CT molecular complexity index is 1280. The van der Waals surface area contributed by atoms with E-state index in [4.69, 9.17) is 14.2 Å². The van der Waals surface area contributed by atoms with Gasteiger partial charge in [-0.3, -0.25) is 14.4 Å². The molecule has 6 heteroatoms. The van der Waals surface area contributed by atoms with Gasteiger partial charge in [-0.1, -0.05) is 301 Å². The van der Waals surface area contributed by atoms with Crippen molar-refractivity contribution >= 4 is 17.9 Å². The third-order valence-corrected chi connectivity index (χ3v) is 14.6. The average molecular weight is 1040 g/mol. The van der Waals surface area contributed by atoms with E-state index in [-0.39, 0.29) is 31.1 Å². The topological polar surface area (TPSA) is 78.9 Å². The molecule has 0 bridgehead atoms. The van der Waals surface area contributed by atoms with Crippen molar-refractivity contribution < 1.29 is 28.6 Å². The molecule has 1 atom stereocenters. The average Bonchev–Trinajstić information content (AvgIpc) is 3.40. The van der Waals surface area contributed by atoms with Crippen LogP contribution in [0.4, 0.5) is 0 Å². The van der Waals surface area contributed by atoms with Crippen LogP contribution in [0, 0.1) is 0 Å². The third-order valence-electron chi connectivity index (χ3n) is 14.6. The molecule has 1 unspecified atom stereocenters. The predicted molar refractivity (Wildman–Crippen MR) is 321 cm³/mol. The lowest BCUT2D eigenvalue weighted by molar-refractivity contribution is -0.167. The molecule has 0 radical (unpaired) electrons. The van der Waals surface area contributed by atoms with E-state index in [9.17, 15) is 14.4 Å². The minimum atomic E-state index is -0.779. The van der Waals surface area contributed by atoms with E-state index in [0.29, 0.717) is 19.3 Å². The molecule has 0 amide bonds. The summed E-state index contributed by atoms with van der Waals surface area (Å²) in [6.07, 6.45) is 78.5. The largest absolute Gasteiger partial charge is 0.462 e. The van der Waals surface area contributed by atoms with Crippen LogP contribution < -0.4 is 0 Å². The Kier molecular flexibility index (Phi) is 60.7. The van der Waals surface area contributed by atoms with Crippen molar-refractivity contribution in [3.8, 4) is 0 Å². The Morgan fingerprint density at radius 1 is 0.284 bits per heavy atom. The Morgan fingerprint density at radius 2 is 0.527 bits per heavy atom. The van der Waals surface area contributed by atoms with Crippen molar-refractivity contribution in [2.45, 2.75) is 354 Å². The van der Waals surface area contributed by atoms with Crippen molar-refractivity contribution in [1.29, 1.82) is 0 Å². The number of hydrogen-bond donors (Lipinski definition) is 0. The maximum atomic E-state index is 12.9. The van der Waals surface area contributed by atoms with Gasteiger partial charge >= 0.3 is 17.9 Å². The number of rotatable bonds is 60. The molecule has 0 heterocycles. The lowest BCUT2D eigenvalue weighted by Gasteiger charge is -2.18. The van der Waals surface area contributed by atoms with Crippen LogP contribution >= 0.6 is 0 Å². The van der Waals surface area contributed by atoms with Crippen LogP contribution in [0.25, 0.3) is 0 Å². The molecule has 0 fully saturated rings. The first-order valence-electron chi connectivity index (χ1n) is 32.6. The second kappa shape index (κ2) is 62.9. The van der Waals surface area contributed by atoms with E-state index in [0.717, 1.165) is 96.3 Å². The fourth-order valence-corrected chi connectivity index (χ4v) is 9.69. The van der Waals surface area contributed by atoms with Crippen LogP contribution in [0.15, 0.2) is 48.6 Å². The lowest BCUT2D eigenvalue weighted by Crippen LogP contribution is -2.30. The summed E-state index contributed by atoms with van der Waals surface area (Å²) in [5, 5.41) is 0. The molecule has 0 rings (SSSR count). The molecule has 0 aliphatic heterocycles. The highest BCUT2D eigenvalue weighted by molar-refractivity contribution is 5.71. The zero-order valence-electron chi connectivity index (χ0n) is 49.6. The van der Waals surface area contributed by atoms with Gasteiger partial charge in [0, 0.05) is 19.3 Å². The number of carbonyl (C=O) groups excluding carboxylic acids is 3. The number of esters is 3. The molecule has 0 aromatic heterocycles. The quantitative estimate of drug-likeness (QED) is 0.0261. The van der Waals surface area contributed by atoms with Crippen molar-refractivity contribution in [3.05, 3.63) is 48.6 Å². The summed E-state index contributed by atoms with van der Waals surface area (Å²) in [6, 6.07) is 0. The van der Waals surface area contributed by atoms with Crippen molar-refractivity contribution in [3.63, 3.8) is 0 Å². The third kappa shape index (κ3) is 60.2. The summed E-state index contributed by atoms with van der Waals surface area (Å²) in [7, 11) is 0. The van der Waals surface area contributed by atoms with Crippen molar-refractivity contribution in [1.82, 2.24) is 0 Å². The Balaban J connectivity index is 4.15. The molecule has 6 nitrogen and oxygen atoms in total. The zero-order valence-corrected chi connectivity index (χ0v) is 49.6. The van der Waals surface area contributed by atoms with Gasteiger partial charge in [0.05, 0.1) is 0 Å². The Hall–Kier alpha value is -2.63. The highest BCUT2D eigenvalue weighted by atomic mass is 16.6. The summed E-state index contributed by atoms with van der Waals surface area (Å²) in [6.45, 7) is 6.56. The molecule has 0 aromatic carbocycles. The molecule has 432 valence electrons. The fraction of sp³-hybridized carbons (Fsp3) is 0.838. The smallest absolute Gasteiger partial charge is 0.306 e. The Morgan fingerprint density at radius 3 is 0.838 bits per heavy atom. The standard InChI is InChI=1S/C68H124O6/c1-4-7-10-13-16-19-22-25-27-28-29-30-31-32-33-34-35-36-37-38-39-40-42-43-46-49-52-55-58-61-67(70)73-64-65(63-72-66(69)60-57-54-51-48-45-24-21-18-15-12-9-6-3)74-68(71)62-59-56-53-50-47-44-41-26-23-20-17-14-11-8-5-2/h8,11,17,20,26,28-29,41,65H,4-7,9-10,12-16,18-19,21-25,27,30-40,42-64H2,1-3H3/b11-8-,20-17-,29-28-,41-26-. The summed E-state index contributed by atoms with van der Waals surface area (Å²) in [5.41, 5.74) is 0. The van der Waals surface area contributed by atoms with Crippen LogP contribution in [0.5, 0.6) is 0 Å². The highest BCUT2D eigenvalue weighted by Gasteiger charge is 2.19. The molecular weight excluding hydrogens is 913 g/mol. The molecule has 0 saturated carbocycles. The molecule has 0 aliphatic rings. The van der Waals surface area contributed by atoms with Gasteiger partial charge in [-0.2, -0.15) is 0 Å². The fourth-order valence-electron chi connectivity index (χ4n) is 9.69. The summed E-state index contributed by atoms with van der Waals surface area (Å²) in [5.74, 6) is -0.874. The molecule has 0 N–H and O–H groups in total. The molecule has 0 aromatic rings. The number of ether oxygens (including phenoxy) is 3. The lowest BCUT2D eigenvalue weighted by atomic mass is 10.0. The number of allylic oxidation sites excluding steroid dienone is 8. The minimum absolute atomic E-state index is 0.0760. The highest BCUT2D eigenvalue weighted by Crippen LogP contribution is 2.17. The van der Waals surface area contributed by atoms with Gasteiger partial charge in [0.2, 0.25) is 0 Å². The maximum absolute atomic E-state index is 12.9. The van der Waals surface area contributed by atoms with E-state index in [1.165, 1.54) is 212 Å². The van der Waals surface area contributed by atoms with E-state index in [2.05, 4.69) is 69.4 Å². The molecule has 0 spiro atoms. The summed E-state index contributed by atoms with van der Waals surface area (Å²) in [4.78, 5) is 38.2. The molecule has 74 heavy (non-hydrogen) atoms. The first-order valence-corrected chi connectivity index (χ1v) is 32.6. The van der Waals surface area contributed by atoms with Crippen LogP contribution in [0.1, 0.15) is 348 Å². The predicted octanol–water partition coefficient (Wildman–Crippen LogP) is 22.2. The minimum Gasteiger partial charge on any atom is -0.462 e. The van der Waals surface area contributed by atoms with E-state index in [1.54, 1.807) is 0 Å². The van der Waals surface area contributed by atoms with Crippen LogP contribution in [0.2, 0.25) is 0 Å². The number of hydrogen-bond acceptors (Lipinski definition) is 6.